The predicted octanol–water partition coefficient (Wildman–Crippen LogP) is 3.20. The SMILES string of the molecule is COc1ccccc1Oc1ncccc1CNC(=O)c1c(Cl)cnn1C. The van der Waals surface area contributed by atoms with Crippen molar-refractivity contribution in [3.8, 4) is 17.4 Å². The number of amides is 1. The first-order valence-electron chi connectivity index (χ1n) is 7.80. The Morgan fingerprint density at radius 1 is 1.23 bits per heavy atom. The van der Waals surface area contributed by atoms with Gasteiger partial charge in [-0.05, 0) is 18.2 Å². The number of hydrogen-bond acceptors (Lipinski definition) is 5. The molecule has 3 rings (SSSR count). The lowest BCUT2D eigenvalue weighted by atomic mass is 10.2. The van der Waals surface area contributed by atoms with Crippen LogP contribution in [0.2, 0.25) is 5.02 Å². The molecule has 0 unspecified atom stereocenters. The smallest absolute Gasteiger partial charge is 0.271 e. The lowest BCUT2D eigenvalue weighted by Gasteiger charge is -2.13. The second kappa shape index (κ2) is 7.88. The third-order valence-electron chi connectivity index (χ3n) is 3.67. The largest absolute Gasteiger partial charge is 0.493 e. The van der Waals surface area contributed by atoms with Crippen LogP contribution in [0.25, 0.3) is 0 Å². The van der Waals surface area contributed by atoms with Gasteiger partial charge >= 0.3 is 0 Å². The van der Waals surface area contributed by atoms with Gasteiger partial charge in [-0.15, -0.1) is 0 Å². The van der Waals surface area contributed by atoms with E-state index in [0.29, 0.717) is 33.7 Å². The van der Waals surface area contributed by atoms with Crippen molar-refractivity contribution in [1.29, 1.82) is 0 Å². The zero-order chi connectivity index (χ0) is 18.5. The minimum atomic E-state index is -0.331. The van der Waals surface area contributed by atoms with Crippen molar-refractivity contribution in [2.45, 2.75) is 6.54 Å². The van der Waals surface area contributed by atoms with Crippen LogP contribution in [0, 0.1) is 0 Å². The number of carbonyl (C=O) groups is 1. The Kier molecular flexibility index (Phi) is 5.38. The Bertz CT molecular complexity index is 907. The number of benzene rings is 1. The topological polar surface area (TPSA) is 78.3 Å². The van der Waals surface area contributed by atoms with Gasteiger partial charge in [0.05, 0.1) is 18.3 Å². The highest BCUT2D eigenvalue weighted by atomic mass is 35.5. The minimum Gasteiger partial charge on any atom is -0.493 e. The number of ether oxygens (including phenoxy) is 2. The number of aryl methyl sites for hydroxylation is 1. The van der Waals surface area contributed by atoms with Gasteiger partial charge in [0.15, 0.2) is 11.5 Å². The Morgan fingerprint density at radius 3 is 2.69 bits per heavy atom. The summed E-state index contributed by atoms with van der Waals surface area (Å²) in [7, 11) is 3.22. The molecule has 0 aliphatic rings. The predicted molar refractivity (Wildman–Crippen MR) is 96.7 cm³/mol. The summed E-state index contributed by atoms with van der Waals surface area (Å²) in [6.07, 6.45) is 3.05. The monoisotopic (exact) mass is 372 g/mol. The molecule has 26 heavy (non-hydrogen) atoms. The number of rotatable bonds is 6. The third kappa shape index (κ3) is 3.78. The number of nitrogens with one attached hydrogen (secondary N) is 1. The second-order valence-corrected chi connectivity index (χ2v) is 5.78. The molecule has 2 aromatic heterocycles. The highest BCUT2D eigenvalue weighted by Crippen LogP contribution is 2.31. The van der Waals surface area contributed by atoms with Crippen LogP contribution in [0.4, 0.5) is 0 Å². The van der Waals surface area contributed by atoms with E-state index in [9.17, 15) is 4.79 Å². The van der Waals surface area contributed by atoms with Crippen LogP contribution in [0.15, 0.2) is 48.8 Å². The summed E-state index contributed by atoms with van der Waals surface area (Å²) in [4.78, 5) is 16.6. The lowest BCUT2D eigenvalue weighted by Crippen LogP contribution is -2.25. The molecule has 0 bridgehead atoms. The molecule has 134 valence electrons. The maximum atomic E-state index is 12.4. The van der Waals surface area contributed by atoms with Crippen molar-refractivity contribution in [2.24, 2.45) is 7.05 Å². The molecule has 0 aliphatic carbocycles. The second-order valence-electron chi connectivity index (χ2n) is 5.37. The van der Waals surface area contributed by atoms with Crippen LogP contribution in [0.1, 0.15) is 16.1 Å². The summed E-state index contributed by atoms with van der Waals surface area (Å²) >= 11 is 6.00. The molecule has 0 saturated heterocycles. The number of para-hydroxylation sites is 2. The van der Waals surface area contributed by atoms with E-state index in [4.69, 9.17) is 21.1 Å². The molecule has 0 atom stereocenters. The molecule has 1 amide bonds. The first kappa shape index (κ1) is 17.8. The number of halogens is 1. The molecule has 0 spiro atoms. The number of methoxy groups -OCH3 is 1. The van der Waals surface area contributed by atoms with Crippen LogP contribution in [-0.4, -0.2) is 27.8 Å². The number of pyridine rings is 1. The van der Waals surface area contributed by atoms with Gasteiger partial charge in [-0.2, -0.15) is 5.10 Å². The van der Waals surface area contributed by atoms with Gasteiger partial charge in [0, 0.05) is 25.4 Å². The summed E-state index contributed by atoms with van der Waals surface area (Å²) in [5, 5.41) is 7.05. The van der Waals surface area contributed by atoms with Gasteiger partial charge in [-0.25, -0.2) is 4.98 Å². The zero-order valence-electron chi connectivity index (χ0n) is 14.3. The Hall–Kier alpha value is -3.06. The Morgan fingerprint density at radius 2 is 2.00 bits per heavy atom. The van der Waals surface area contributed by atoms with Crippen molar-refractivity contribution >= 4 is 17.5 Å². The summed E-state index contributed by atoms with van der Waals surface area (Å²) in [6, 6.07) is 10.9. The van der Waals surface area contributed by atoms with Crippen LogP contribution in [-0.2, 0) is 13.6 Å². The molecule has 7 nitrogen and oxygen atoms in total. The highest BCUT2D eigenvalue weighted by molar-refractivity contribution is 6.33. The minimum absolute atomic E-state index is 0.221. The zero-order valence-corrected chi connectivity index (χ0v) is 15.0. The molecule has 0 aliphatic heterocycles. The van der Waals surface area contributed by atoms with Gasteiger partial charge in [0.2, 0.25) is 5.88 Å². The van der Waals surface area contributed by atoms with Crippen LogP contribution >= 0.6 is 11.6 Å². The summed E-state index contributed by atoms with van der Waals surface area (Å²) in [5.41, 5.74) is 1.01. The van der Waals surface area contributed by atoms with Crippen LogP contribution in [0.5, 0.6) is 17.4 Å². The maximum Gasteiger partial charge on any atom is 0.271 e. The average molecular weight is 373 g/mol. The fraction of sp³-hybridized carbons (Fsp3) is 0.167. The van der Waals surface area contributed by atoms with E-state index in [1.807, 2.05) is 18.2 Å². The van der Waals surface area contributed by atoms with Gasteiger partial charge in [-0.1, -0.05) is 29.8 Å². The highest BCUT2D eigenvalue weighted by Gasteiger charge is 2.16. The fourth-order valence-electron chi connectivity index (χ4n) is 2.38. The first-order valence-corrected chi connectivity index (χ1v) is 8.18. The van der Waals surface area contributed by atoms with Gasteiger partial charge in [0.25, 0.3) is 5.91 Å². The third-order valence-corrected chi connectivity index (χ3v) is 3.95. The fourth-order valence-corrected chi connectivity index (χ4v) is 2.63. The Labute approximate surface area is 155 Å². The molecule has 0 fully saturated rings. The van der Waals surface area contributed by atoms with E-state index >= 15 is 0 Å². The van der Waals surface area contributed by atoms with Crippen molar-refractivity contribution < 1.29 is 14.3 Å². The van der Waals surface area contributed by atoms with Crippen molar-refractivity contribution in [2.75, 3.05) is 7.11 Å². The molecular weight excluding hydrogens is 356 g/mol. The summed E-state index contributed by atoms with van der Waals surface area (Å²) in [6.45, 7) is 0.221. The molecule has 8 heteroatoms. The van der Waals surface area contributed by atoms with E-state index in [1.54, 1.807) is 38.6 Å². The molecule has 0 saturated carbocycles. The normalized spacial score (nSPS) is 10.4. The molecule has 3 aromatic rings. The number of hydrogen-bond donors (Lipinski definition) is 1. The van der Waals surface area contributed by atoms with E-state index in [1.165, 1.54) is 10.9 Å². The van der Waals surface area contributed by atoms with Crippen molar-refractivity contribution in [3.63, 3.8) is 0 Å². The average Bonchev–Trinajstić information content (AvgIpc) is 2.99. The van der Waals surface area contributed by atoms with Gasteiger partial charge < -0.3 is 14.8 Å². The quantitative estimate of drug-likeness (QED) is 0.718. The lowest BCUT2D eigenvalue weighted by molar-refractivity contribution is 0.0941. The van der Waals surface area contributed by atoms with Crippen molar-refractivity contribution in [1.82, 2.24) is 20.1 Å². The van der Waals surface area contributed by atoms with Crippen molar-refractivity contribution in [3.05, 3.63) is 65.1 Å². The molecular formula is C18H17ClN4O3. The first-order chi connectivity index (χ1) is 12.6. The molecule has 0 radical (unpaired) electrons. The number of carbonyl (C=O) groups excluding carboxylic acids is 1. The number of aromatic nitrogens is 3. The molecule has 1 N–H and O–H groups in total. The van der Waals surface area contributed by atoms with Gasteiger partial charge in [0.1, 0.15) is 5.69 Å². The summed E-state index contributed by atoms with van der Waals surface area (Å²) < 4.78 is 12.6. The van der Waals surface area contributed by atoms with E-state index in [2.05, 4.69) is 15.4 Å². The van der Waals surface area contributed by atoms with Gasteiger partial charge in [-0.3, -0.25) is 9.48 Å². The standard InChI is InChI=1S/C18H17ClN4O3/c1-23-16(13(19)11-22-23)17(24)21-10-12-6-5-9-20-18(12)26-15-8-4-3-7-14(15)25-2/h3-9,11H,10H2,1-2H3,(H,21,24). The Balaban J connectivity index is 1.76. The molecule has 2 heterocycles. The molecule has 1 aromatic carbocycles. The summed E-state index contributed by atoms with van der Waals surface area (Å²) in [5.74, 6) is 1.18. The van der Waals surface area contributed by atoms with E-state index in [-0.39, 0.29) is 12.5 Å². The number of nitrogens with zero attached hydrogens (tertiary/aromatic N) is 3. The van der Waals surface area contributed by atoms with Crippen LogP contribution in [0.3, 0.4) is 0 Å². The van der Waals surface area contributed by atoms with Crippen LogP contribution < -0.4 is 14.8 Å². The van der Waals surface area contributed by atoms with E-state index < -0.39 is 0 Å². The van der Waals surface area contributed by atoms with E-state index in [0.717, 1.165) is 0 Å². The maximum absolute atomic E-state index is 12.4.